The van der Waals surface area contributed by atoms with Gasteiger partial charge in [0, 0.05) is 18.2 Å². The lowest BCUT2D eigenvalue weighted by Gasteiger charge is -2.43. The molecule has 10 heteroatoms. The summed E-state index contributed by atoms with van der Waals surface area (Å²) < 4.78 is 17.3. The molecule has 1 atom stereocenters. The molecular formula is C27H30N4O6. The third-order valence-corrected chi connectivity index (χ3v) is 6.38. The molecule has 1 aliphatic rings. The fourth-order valence-corrected chi connectivity index (χ4v) is 4.34. The first-order valence-electron chi connectivity index (χ1n) is 11.9. The van der Waals surface area contributed by atoms with E-state index < -0.39 is 17.4 Å². The van der Waals surface area contributed by atoms with Crippen molar-refractivity contribution >= 4 is 17.8 Å². The van der Waals surface area contributed by atoms with Gasteiger partial charge in [-0.25, -0.2) is 4.79 Å². The summed E-state index contributed by atoms with van der Waals surface area (Å²) in [6.45, 7) is 3.95. The summed E-state index contributed by atoms with van der Waals surface area (Å²) >= 11 is 0. The van der Waals surface area contributed by atoms with Gasteiger partial charge < -0.3 is 24.4 Å². The van der Waals surface area contributed by atoms with Crippen LogP contribution in [0.2, 0.25) is 0 Å². The van der Waals surface area contributed by atoms with E-state index in [9.17, 15) is 14.4 Å². The van der Waals surface area contributed by atoms with Crippen molar-refractivity contribution in [2.75, 3.05) is 20.8 Å². The van der Waals surface area contributed by atoms with E-state index in [1.165, 1.54) is 22.8 Å². The van der Waals surface area contributed by atoms with E-state index >= 15 is 0 Å². The summed E-state index contributed by atoms with van der Waals surface area (Å²) in [4.78, 5) is 41.3. The van der Waals surface area contributed by atoms with Gasteiger partial charge in [0.1, 0.15) is 22.7 Å². The zero-order valence-corrected chi connectivity index (χ0v) is 21.3. The number of fused-ring (bicyclic) bond motifs is 1. The molecule has 2 heterocycles. The number of benzene rings is 2. The SMILES string of the molecule is CCOC(=O)c1cc2n(n1)C[C@@](C)(C(=O)NCc1ccccc1)N(Cc1cc(OC)ccc1OC)C2=O. The minimum atomic E-state index is -1.33. The largest absolute Gasteiger partial charge is 0.497 e. The molecule has 37 heavy (non-hydrogen) atoms. The Bertz CT molecular complexity index is 1310. The molecule has 0 spiro atoms. The standard InChI is InChI=1S/C27H30N4O6/c1-5-37-25(33)21-14-22-24(32)30(16-19-13-20(35-3)11-12-23(19)36-4)27(2,17-31(22)29-21)26(34)28-15-18-9-7-6-8-10-18/h6-14H,5,15-17H2,1-4H3,(H,28,34)/t27-/m0/s1. The van der Waals surface area contributed by atoms with Gasteiger partial charge in [0.15, 0.2) is 5.69 Å². The van der Waals surface area contributed by atoms with Crippen LogP contribution < -0.4 is 14.8 Å². The monoisotopic (exact) mass is 506 g/mol. The smallest absolute Gasteiger partial charge is 0.358 e. The Labute approximate surface area is 215 Å². The minimum absolute atomic E-state index is 0.0121. The Hall–Kier alpha value is -4.34. The maximum absolute atomic E-state index is 13.8. The van der Waals surface area contributed by atoms with E-state index in [0.29, 0.717) is 23.6 Å². The molecule has 0 radical (unpaired) electrons. The third kappa shape index (κ3) is 5.13. The Morgan fingerprint density at radius 3 is 2.51 bits per heavy atom. The fraction of sp³-hybridized carbons (Fsp3) is 0.333. The molecular weight excluding hydrogens is 476 g/mol. The van der Waals surface area contributed by atoms with E-state index in [0.717, 1.165) is 5.56 Å². The van der Waals surface area contributed by atoms with Crippen LogP contribution in [0.1, 0.15) is 46.0 Å². The molecule has 0 aliphatic carbocycles. The van der Waals surface area contributed by atoms with Crippen LogP contribution in [0.5, 0.6) is 11.5 Å². The number of esters is 1. The van der Waals surface area contributed by atoms with Gasteiger partial charge in [0.25, 0.3) is 5.91 Å². The summed E-state index contributed by atoms with van der Waals surface area (Å²) in [6, 6.07) is 16.2. The molecule has 194 valence electrons. The summed E-state index contributed by atoms with van der Waals surface area (Å²) in [5.74, 6) is -0.299. The van der Waals surface area contributed by atoms with Crippen molar-refractivity contribution in [2.24, 2.45) is 0 Å². The summed E-state index contributed by atoms with van der Waals surface area (Å²) in [7, 11) is 3.09. The molecule has 0 unspecified atom stereocenters. The van der Waals surface area contributed by atoms with Gasteiger partial charge in [-0.2, -0.15) is 5.10 Å². The number of hydrogen-bond acceptors (Lipinski definition) is 7. The van der Waals surface area contributed by atoms with Crippen LogP contribution in [0.25, 0.3) is 0 Å². The van der Waals surface area contributed by atoms with Crippen molar-refractivity contribution < 1.29 is 28.6 Å². The first-order chi connectivity index (χ1) is 17.8. The van der Waals surface area contributed by atoms with Crippen LogP contribution in [0, 0.1) is 0 Å². The first-order valence-corrected chi connectivity index (χ1v) is 11.9. The summed E-state index contributed by atoms with van der Waals surface area (Å²) in [5.41, 5.74) is 0.462. The first kappa shape index (κ1) is 25.7. The van der Waals surface area contributed by atoms with E-state index in [1.807, 2.05) is 30.3 Å². The van der Waals surface area contributed by atoms with E-state index in [4.69, 9.17) is 14.2 Å². The van der Waals surface area contributed by atoms with Crippen LogP contribution in [-0.2, 0) is 29.2 Å². The zero-order chi connectivity index (χ0) is 26.6. The number of hydrogen-bond donors (Lipinski definition) is 1. The second-order valence-electron chi connectivity index (χ2n) is 8.80. The van der Waals surface area contributed by atoms with Crippen molar-refractivity contribution in [2.45, 2.75) is 39.0 Å². The van der Waals surface area contributed by atoms with Gasteiger partial charge in [0.05, 0.1) is 33.9 Å². The molecule has 1 N–H and O–H groups in total. The highest BCUT2D eigenvalue weighted by atomic mass is 16.5. The lowest BCUT2D eigenvalue weighted by atomic mass is 9.93. The van der Waals surface area contributed by atoms with E-state index in [2.05, 4.69) is 10.4 Å². The molecule has 0 saturated carbocycles. The van der Waals surface area contributed by atoms with Gasteiger partial charge in [-0.1, -0.05) is 30.3 Å². The summed E-state index contributed by atoms with van der Waals surface area (Å²) in [5, 5.41) is 7.24. The Morgan fingerprint density at radius 1 is 1.08 bits per heavy atom. The van der Waals surface area contributed by atoms with Crippen LogP contribution >= 0.6 is 0 Å². The predicted molar refractivity (Wildman–Crippen MR) is 134 cm³/mol. The van der Waals surface area contributed by atoms with E-state index in [-0.39, 0.29) is 37.0 Å². The van der Waals surface area contributed by atoms with Crippen LogP contribution in [0.15, 0.2) is 54.6 Å². The van der Waals surface area contributed by atoms with Crippen molar-refractivity contribution in [1.82, 2.24) is 20.0 Å². The van der Waals surface area contributed by atoms with Crippen molar-refractivity contribution in [1.29, 1.82) is 0 Å². The second-order valence-corrected chi connectivity index (χ2v) is 8.80. The van der Waals surface area contributed by atoms with Crippen molar-refractivity contribution in [3.8, 4) is 11.5 Å². The molecule has 2 amide bonds. The molecule has 0 fully saturated rings. The number of aromatic nitrogens is 2. The molecule has 0 saturated heterocycles. The Morgan fingerprint density at radius 2 is 1.84 bits per heavy atom. The number of ether oxygens (including phenoxy) is 3. The number of methoxy groups -OCH3 is 2. The molecule has 4 rings (SSSR count). The van der Waals surface area contributed by atoms with Gasteiger partial charge >= 0.3 is 5.97 Å². The highest BCUT2D eigenvalue weighted by molar-refractivity contribution is 6.01. The number of nitrogens with zero attached hydrogens (tertiary/aromatic N) is 3. The highest BCUT2D eigenvalue weighted by Gasteiger charge is 2.48. The number of rotatable bonds is 9. The predicted octanol–water partition coefficient (Wildman–Crippen LogP) is 2.81. The second kappa shape index (κ2) is 10.7. The van der Waals surface area contributed by atoms with Crippen molar-refractivity contribution in [3.05, 3.63) is 77.1 Å². The number of nitrogens with one attached hydrogen (secondary N) is 1. The Kier molecular flexibility index (Phi) is 7.47. The molecule has 3 aromatic rings. The normalized spacial score (nSPS) is 16.6. The molecule has 0 bridgehead atoms. The maximum atomic E-state index is 13.8. The Balaban J connectivity index is 1.72. The number of carbonyl (C=O) groups is 3. The fourth-order valence-electron chi connectivity index (χ4n) is 4.34. The highest BCUT2D eigenvalue weighted by Crippen LogP contribution is 2.33. The topological polar surface area (TPSA) is 112 Å². The zero-order valence-electron chi connectivity index (χ0n) is 21.3. The quantitative estimate of drug-likeness (QED) is 0.444. The maximum Gasteiger partial charge on any atom is 0.358 e. The van der Waals surface area contributed by atoms with Crippen LogP contribution in [-0.4, -0.2) is 58.8 Å². The molecule has 1 aromatic heterocycles. The van der Waals surface area contributed by atoms with E-state index in [1.54, 1.807) is 39.2 Å². The van der Waals surface area contributed by atoms with Gasteiger partial charge in [-0.3, -0.25) is 14.3 Å². The van der Waals surface area contributed by atoms with Crippen LogP contribution in [0.4, 0.5) is 0 Å². The third-order valence-electron chi connectivity index (χ3n) is 6.38. The lowest BCUT2D eigenvalue weighted by Crippen LogP contribution is -2.63. The average Bonchev–Trinajstić information content (AvgIpc) is 3.34. The van der Waals surface area contributed by atoms with Crippen LogP contribution in [0.3, 0.4) is 0 Å². The van der Waals surface area contributed by atoms with Gasteiger partial charge in [-0.05, 0) is 37.6 Å². The van der Waals surface area contributed by atoms with Crippen molar-refractivity contribution in [3.63, 3.8) is 0 Å². The number of amides is 2. The number of carbonyl (C=O) groups excluding carboxylic acids is 3. The molecule has 2 aromatic carbocycles. The van der Waals surface area contributed by atoms with Gasteiger partial charge in [-0.15, -0.1) is 0 Å². The minimum Gasteiger partial charge on any atom is -0.497 e. The van der Waals surface area contributed by atoms with Gasteiger partial charge in [0.2, 0.25) is 5.91 Å². The molecule has 1 aliphatic heterocycles. The summed E-state index contributed by atoms with van der Waals surface area (Å²) in [6.07, 6.45) is 0. The molecule has 10 nitrogen and oxygen atoms in total. The lowest BCUT2D eigenvalue weighted by molar-refractivity contribution is -0.133. The average molecular weight is 507 g/mol.